The van der Waals surface area contributed by atoms with Gasteiger partial charge >= 0.3 is 0 Å². The standard InChI is InChI=1S/C32H20F4O2S2/c1-38-22-12-15-27(40-28-18-26(33)29(34)31(36)30(28)35)25(17-22)19-10-13-23(14-11-19)39-24-9-5-8-21(16-24)32(37)20-6-3-2-4-7-20/h2-18H,1H3. The van der Waals surface area contributed by atoms with Crippen LogP contribution < -0.4 is 4.74 Å². The molecule has 0 aliphatic heterocycles. The maximum absolute atomic E-state index is 14.4. The molecule has 2 nitrogen and oxygen atoms in total. The van der Waals surface area contributed by atoms with E-state index in [-0.39, 0.29) is 10.7 Å². The summed E-state index contributed by atoms with van der Waals surface area (Å²) in [5.74, 6) is -6.14. The number of methoxy groups -OCH3 is 1. The Morgan fingerprint density at radius 2 is 1.35 bits per heavy atom. The SMILES string of the molecule is COc1ccc(Sc2cc(F)c(F)c(F)c2F)c(-c2ccc(Sc3cccc(C(=O)c4ccccc4)c3)cc2)c1. The van der Waals surface area contributed by atoms with Crippen molar-refractivity contribution in [1.82, 2.24) is 0 Å². The molecule has 0 amide bonds. The van der Waals surface area contributed by atoms with Gasteiger partial charge in [0.15, 0.2) is 29.1 Å². The topological polar surface area (TPSA) is 26.3 Å². The fourth-order valence-electron chi connectivity index (χ4n) is 3.99. The van der Waals surface area contributed by atoms with Gasteiger partial charge < -0.3 is 4.74 Å². The van der Waals surface area contributed by atoms with Crippen LogP contribution >= 0.6 is 23.5 Å². The van der Waals surface area contributed by atoms with Crippen LogP contribution in [0.1, 0.15) is 15.9 Å². The predicted octanol–water partition coefficient (Wildman–Crippen LogP) is 9.45. The van der Waals surface area contributed by atoms with E-state index in [4.69, 9.17) is 4.74 Å². The van der Waals surface area contributed by atoms with Gasteiger partial charge in [-0.2, -0.15) is 0 Å². The number of hydrogen-bond acceptors (Lipinski definition) is 4. The fraction of sp³-hybridized carbons (Fsp3) is 0.0312. The lowest BCUT2D eigenvalue weighted by atomic mass is 10.0. The third-order valence-corrected chi connectivity index (χ3v) is 8.10. The van der Waals surface area contributed by atoms with E-state index < -0.39 is 23.3 Å². The van der Waals surface area contributed by atoms with E-state index in [9.17, 15) is 22.4 Å². The molecule has 0 radical (unpaired) electrons. The van der Waals surface area contributed by atoms with E-state index in [1.54, 1.807) is 36.4 Å². The molecule has 0 aromatic heterocycles. The Balaban J connectivity index is 1.41. The van der Waals surface area contributed by atoms with Gasteiger partial charge in [0, 0.05) is 25.8 Å². The first-order chi connectivity index (χ1) is 19.3. The molecular weight excluding hydrogens is 556 g/mol. The summed E-state index contributed by atoms with van der Waals surface area (Å²) in [7, 11) is 1.51. The maximum atomic E-state index is 14.4. The van der Waals surface area contributed by atoms with Crippen LogP contribution in [0, 0.1) is 23.3 Å². The molecule has 0 aliphatic carbocycles. The largest absolute Gasteiger partial charge is 0.497 e. The van der Waals surface area contributed by atoms with Crippen molar-refractivity contribution in [1.29, 1.82) is 0 Å². The highest BCUT2D eigenvalue weighted by Crippen LogP contribution is 2.41. The molecule has 5 rings (SSSR count). The van der Waals surface area contributed by atoms with Crippen LogP contribution in [0.15, 0.2) is 123 Å². The second kappa shape index (κ2) is 12.0. The van der Waals surface area contributed by atoms with Crippen molar-refractivity contribution < 1.29 is 27.1 Å². The molecule has 0 unspecified atom stereocenters. The van der Waals surface area contributed by atoms with Crippen LogP contribution in [0.4, 0.5) is 17.6 Å². The van der Waals surface area contributed by atoms with E-state index in [0.29, 0.717) is 33.4 Å². The second-order valence-corrected chi connectivity index (χ2v) is 10.8. The lowest BCUT2D eigenvalue weighted by Gasteiger charge is -2.13. The highest BCUT2D eigenvalue weighted by Gasteiger charge is 2.21. The third-order valence-electron chi connectivity index (χ3n) is 6.01. The Hall–Kier alpha value is -4.01. The molecule has 5 aromatic carbocycles. The van der Waals surface area contributed by atoms with Gasteiger partial charge in [-0.15, -0.1) is 0 Å². The van der Waals surface area contributed by atoms with E-state index in [2.05, 4.69) is 0 Å². The van der Waals surface area contributed by atoms with E-state index >= 15 is 0 Å². The average Bonchev–Trinajstić information content (AvgIpc) is 2.99. The fourth-order valence-corrected chi connectivity index (χ4v) is 5.87. The van der Waals surface area contributed by atoms with Gasteiger partial charge in [0.05, 0.1) is 12.0 Å². The molecule has 0 N–H and O–H groups in total. The Bertz CT molecular complexity index is 1690. The summed E-state index contributed by atoms with van der Waals surface area (Å²) in [6, 6.07) is 29.7. The van der Waals surface area contributed by atoms with E-state index in [1.165, 1.54) is 18.9 Å². The summed E-state index contributed by atoms with van der Waals surface area (Å²) < 4.78 is 60.8. The highest BCUT2D eigenvalue weighted by molar-refractivity contribution is 7.99. The number of halogens is 4. The lowest BCUT2D eigenvalue weighted by Crippen LogP contribution is -2.00. The number of ketones is 1. The number of hydrogen-bond donors (Lipinski definition) is 0. The molecule has 8 heteroatoms. The number of rotatable bonds is 8. The zero-order valence-electron chi connectivity index (χ0n) is 21.0. The molecule has 0 bridgehead atoms. The minimum atomic E-state index is -1.85. The molecule has 0 aliphatic rings. The van der Waals surface area contributed by atoms with Gasteiger partial charge in [0.1, 0.15) is 5.75 Å². The zero-order chi connectivity index (χ0) is 28.2. The summed E-state index contributed by atoms with van der Waals surface area (Å²) in [4.78, 5) is 14.8. The van der Waals surface area contributed by atoms with E-state index in [1.807, 2.05) is 60.7 Å². The third kappa shape index (κ3) is 5.93. The Morgan fingerprint density at radius 3 is 2.08 bits per heavy atom. The molecule has 200 valence electrons. The Labute approximate surface area is 237 Å². The first-order valence-corrected chi connectivity index (χ1v) is 13.6. The normalized spacial score (nSPS) is 10.9. The highest BCUT2D eigenvalue weighted by atomic mass is 32.2. The molecule has 5 aromatic rings. The van der Waals surface area contributed by atoms with Crippen LogP contribution in [-0.2, 0) is 0 Å². The molecule has 0 heterocycles. The van der Waals surface area contributed by atoms with Gasteiger partial charge in [0.2, 0.25) is 0 Å². The van der Waals surface area contributed by atoms with Crippen molar-refractivity contribution in [2.75, 3.05) is 7.11 Å². The summed E-state index contributed by atoms with van der Waals surface area (Å²) in [5.41, 5.74) is 2.60. The molecule has 0 saturated carbocycles. The molecule has 40 heavy (non-hydrogen) atoms. The summed E-state index contributed by atoms with van der Waals surface area (Å²) in [6.45, 7) is 0. The minimum Gasteiger partial charge on any atom is -0.497 e. The van der Waals surface area contributed by atoms with Crippen molar-refractivity contribution in [2.45, 2.75) is 19.6 Å². The van der Waals surface area contributed by atoms with Crippen LogP contribution in [0.2, 0.25) is 0 Å². The quantitative estimate of drug-likeness (QED) is 0.0796. The molecular formula is C32H20F4O2S2. The Morgan fingerprint density at radius 1 is 0.625 bits per heavy atom. The number of carbonyl (C=O) groups is 1. The Kier molecular flexibility index (Phi) is 8.28. The first kappa shape index (κ1) is 27.6. The van der Waals surface area contributed by atoms with Crippen molar-refractivity contribution in [3.63, 3.8) is 0 Å². The van der Waals surface area contributed by atoms with Crippen molar-refractivity contribution in [3.8, 4) is 16.9 Å². The smallest absolute Gasteiger partial charge is 0.198 e. The van der Waals surface area contributed by atoms with Gasteiger partial charge in [0.25, 0.3) is 0 Å². The predicted molar refractivity (Wildman–Crippen MR) is 149 cm³/mol. The summed E-state index contributed by atoms with van der Waals surface area (Å²) >= 11 is 2.28. The minimum absolute atomic E-state index is 0.0567. The lowest BCUT2D eigenvalue weighted by molar-refractivity contribution is 0.103. The van der Waals surface area contributed by atoms with Crippen molar-refractivity contribution in [3.05, 3.63) is 138 Å². The van der Waals surface area contributed by atoms with E-state index in [0.717, 1.165) is 27.1 Å². The van der Waals surface area contributed by atoms with Gasteiger partial charge in [-0.1, -0.05) is 78.1 Å². The van der Waals surface area contributed by atoms with Crippen molar-refractivity contribution in [2.24, 2.45) is 0 Å². The summed E-state index contributed by atoms with van der Waals surface area (Å²) in [6.07, 6.45) is 0. The second-order valence-electron chi connectivity index (χ2n) is 8.61. The zero-order valence-corrected chi connectivity index (χ0v) is 22.6. The average molecular weight is 577 g/mol. The monoisotopic (exact) mass is 576 g/mol. The molecule has 0 atom stereocenters. The van der Waals surface area contributed by atoms with Gasteiger partial charge in [-0.05, 0) is 59.7 Å². The van der Waals surface area contributed by atoms with Crippen LogP contribution in [-0.4, -0.2) is 12.9 Å². The van der Waals surface area contributed by atoms with Gasteiger partial charge in [-0.25, -0.2) is 17.6 Å². The number of carbonyl (C=O) groups excluding carboxylic acids is 1. The van der Waals surface area contributed by atoms with Crippen LogP contribution in [0.5, 0.6) is 5.75 Å². The maximum Gasteiger partial charge on any atom is 0.198 e. The van der Waals surface area contributed by atoms with Gasteiger partial charge in [-0.3, -0.25) is 4.79 Å². The molecule has 0 spiro atoms. The van der Waals surface area contributed by atoms with Crippen LogP contribution in [0.25, 0.3) is 11.1 Å². The first-order valence-electron chi connectivity index (χ1n) is 12.0. The molecule has 0 saturated heterocycles. The van der Waals surface area contributed by atoms with Crippen molar-refractivity contribution >= 4 is 29.3 Å². The van der Waals surface area contributed by atoms with Crippen LogP contribution in [0.3, 0.4) is 0 Å². The number of benzene rings is 5. The molecule has 0 fully saturated rings. The number of ether oxygens (including phenoxy) is 1. The summed E-state index contributed by atoms with van der Waals surface area (Å²) in [5, 5.41) is 0.